The second-order valence-corrected chi connectivity index (χ2v) is 6.60. The van der Waals surface area contributed by atoms with Gasteiger partial charge in [-0.1, -0.05) is 116 Å². The van der Waals surface area contributed by atoms with Crippen molar-refractivity contribution >= 4 is 18.2 Å². The smallest absolute Gasteiger partial charge is 0.0356 e. The van der Waals surface area contributed by atoms with Gasteiger partial charge in [-0.15, -0.1) is 0 Å². The summed E-state index contributed by atoms with van der Waals surface area (Å²) in [6, 6.07) is 27.6. The highest BCUT2D eigenvalue weighted by atomic mass is 14.3. The molecule has 0 bridgehead atoms. The maximum atomic E-state index is 3.85. The largest absolute Gasteiger partial charge is 0.0985 e. The molecule has 0 amide bonds. The minimum atomic E-state index is -0.227. The van der Waals surface area contributed by atoms with Crippen molar-refractivity contribution in [2.24, 2.45) is 0 Å². The van der Waals surface area contributed by atoms with Gasteiger partial charge in [0.25, 0.3) is 0 Å². The lowest BCUT2D eigenvalue weighted by molar-refractivity contribution is 0.727. The highest BCUT2D eigenvalue weighted by Crippen LogP contribution is 2.34. The third-order valence-corrected chi connectivity index (χ3v) is 4.90. The molecule has 0 saturated carbocycles. The Bertz CT molecular complexity index is 843. The van der Waals surface area contributed by atoms with Gasteiger partial charge in [0, 0.05) is 5.41 Å². The van der Waals surface area contributed by atoms with Crippen LogP contribution in [0.4, 0.5) is 0 Å². The molecule has 0 N–H and O–H groups in total. The van der Waals surface area contributed by atoms with Crippen molar-refractivity contribution in [2.45, 2.75) is 12.3 Å². The molecule has 0 atom stereocenters. The van der Waals surface area contributed by atoms with Gasteiger partial charge in [-0.05, 0) is 34.7 Å². The lowest BCUT2D eigenvalue weighted by Gasteiger charge is -2.28. The normalized spacial score (nSPS) is 11.4. The van der Waals surface area contributed by atoms with Gasteiger partial charge < -0.3 is 0 Å². The zero-order chi connectivity index (χ0) is 18.4. The minimum absolute atomic E-state index is 0.227. The second kappa shape index (κ2) is 7.84. The minimum Gasteiger partial charge on any atom is -0.0985 e. The first-order chi connectivity index (χ1) is 12.7. The van der Waals surface area contributed by atoms with Gasteiger partial charge in [0.2, 0.25) is 0 Å². The summed E-state index contributed by atoms with van der Waals surface area (Å²) in [6.07, 6.45) is 8.23. The zero-order valence-corrected chi connectivity index (χ0v) is 15.2. The Morgan fingerprint density at radius 1 is 0.615 bits per heavy atom. The molecule has 0 unspecified atom stereocenters. The highest BCUT2D eigenvalue weighted by Gasteiger charge is 2.25. The summed E-state index contributed by atoms with van der Waals surface area (Å²) >= 11 is 0. The summed E-state index contributed by atoms with van der Waals surface area (Å²) in [6.45, 7) is 9.97. The molecular formula is C26H24. The SMILES string of the molecule is C=Cc1ccc(C(C)(C=Cc2ccccc2)c2ccc(C=C)cc2)cc1. The van der Waals surface area contributed by atoms with Crippen LogP contribution in [0.5, 0.6) is 0 Å². The molecule has 0 aromatic heterocycles. The Balaban J connectivity index is 2.08. The number of hydrogen-bond donors (Lipinski definition) is 0. The van der Waals surface area contributed by atoms with Gasteiger partial charge in [0.15, 0.2) is 0 Å². The van der Waals surface area contributed by atoms with Crippen LogP contribution in [0.15, 0.2) is 98.1 Å². The number of rotatable bonds is 6. The van der Waals surface area contributed by atoms with Gasteiger partial charge in [-0.3, -0.25) is 0 Å². The summed E-state index contributed by atoms with van der Waals surface area (Å²) in [5, 5.41) is 0. The first kappa shape index (κ1) is 17.7. The van der Waals surface area contributed by atoms with Crippen LogP contribution in [0.2, 0.25) is 0 Å². The summed E-state index contributed by atoms with van der Waals surface area (Å²) in [4.78, 5) is 0. The van der Waals surface area contributed by atoms with Crippen molar-refractivity contribution in [1.82, 2.24) is 0 Å². The van der Waals surface area contributed by atoms with E-state index in [4.69, 9.17) is 0 Å². The van der Waals surface area contributed by atoms with Crippen LogP contribution in [0.1, 0.15) is 34.7 Å². The van der Waals surface area contributed by atoms with E-state index >= 15 is 0 Å². The van der Waals surface area contributed by atoms with E-state index in [2.05, 4.69) is 105 Å². The van der Waals surface area contributed by atoms with Gasteiger partial charge in [0.1, 0.15) is 0 Å². The summed E-state index contributed by atoms with van der Waals surface area (Å²) < 4.78 is 0. The molecule has 0 heteroatoms. The van der Waals surface area contributed by atoms with Crippen LogP contribution in [0.3, 0.4) is 0 Å². The van der Waals surface area contributed by atoms with Crippen LogP contribution >= 0.6 is 0 Å². The van der Waals surface area contributed by atoms with Crippen LogP contribution in [-0.2, 0) is 5.41 Å². The van der Waals surface area contributed by atoms with Gasteiger partial charge in [-0.25, -0.2) is 0 Å². The first-order valence-electron chi connectivity index (χ1n) is 8.86. The van der Waals surface area contributed by atoms with Crippen molar-refractivity contribution in [3.63, 3.8) is 0 Å². The zero-order valence-electron chi connectivity index (χ0n) is 15.2. The number of benzene rings is 3. The standard InChI is InChI=1S/C26H24/c1-4-21-11-15-24(16-12-21)26(3,20-19-23-9-7-6-8-10-23)25-17-13-22(5-2)14-18-25/h4-20H,1-2H2,3H3. The Kier molecular flexibility index (Phi) is 5.34. The van der Waals surface area contributed by atoms with E-state index in [0.717, 1.165) is 11.1 Å². The van der Waals surface area contributed by atoms with E-state index in [9.17, 15) is 0 Å². The van der Waals surface area contributed by atoms with Crippen molar-refractivity contribution in [1.29, 1.82) is 0 Å². The predicted molar refractivity (Wildman–Crippen MR) is 115 cm³/mol. The fourth-order valence-corrected chi connectivity index (χ4v) is 3.12. The van der Waals surface area contributed by atoms with E-state index < -0.39 is 0 Å². The van der Waals surface area contributed by atoms with Gasteiger partial charge in [-0.2, -0.15) is 0 Å². The molecule has 0 aliphatic heterocycles. The first-order valence-corrected chi connectivity index (χ1v) is 8.86. The van der Waals surface area contributed by atoms with Crippen molar-refractivity contribution in [2.75, 3.05) is 0 Å². The third kappa shape index (κ3) is 3.75. The van der Waals surface area contributed by atoms with Crippen LogP contribution in [0, 0.1) is 0 Å². The molecule has 0 spiro atoms. The average Bonchev–Trinajstić information content (AvgIpc) is 2.73. The molecule has 0 fully saturated rings. The highest BCUT2D eigenvalue weighted by molar-refractivity contribution is 5.58. The van der Waals surface area contributed by atoms with Crippen molar-refractivity contribution in [3.05, 3.63) is 126 Å². The topological polar surface area (TPSA) is 0 Å². The molecule has 128 valence electrons. The molecule has 0 heterocycles. The Morgan fingerprint density at radius 3 is 1.50 bits per heavy atom. The molecule has 26 heavy (non-hydrogen) atoms. The Labute approximate surface area is 156 Å². The Hall–Kier alpha value is -3.12. The van der Waals surface area contributed by atoms with Crippen LogP contribution in [-0.4, -0.2) is 0 Å². The van der Waals surface area contributed by atoms with E-state index in [1.54, 1.807) is 0 Å². The van der Waals surface area contributed by atoms with Crippen molar-refractivity contribution in [3.8, 4) is 0 Å². The van der Waals surface area contributed by atoms with Gasteiger partial charge in [0.05, 0.1) is 0 Å². The fourth-order valence-electron chi connectivity index (χ4n) is 3.12. The summed E-state index contributed by atoms with van der Waals surface area (Å²) in [7, 11) is 0. The monoisotopic (exact) mass is 336 g/mol. The quantitative estimate of drug-likeness (QED) is 0.455. The maximum absolute atomic E-state index is 3.85. The molecule has 3 aromatic carbocycles. The van der Waals surface area contributed by atoms with Crippen molar-refractivity contribution < 1.29 is 0 Å². The predicted octanol–water partition coefficient (Wildman–Crippen LogP) is 6.99. The third-order valence-electron chi connectivity index (χ3n) is 4.90. The summed E-state index contributed by atoms with van der Waals surface area (Å²) in [5.41, 5.74) is 5.73. The lowest BCUT2D eigenvalue weighted by Crippen LogP contribution is -2.20. The molecule has 0 radical (unpaired) electrons. The van der Waals surface area contributed by atoms with E-state index in [0.29, 0.717) is 0 Å². The molecule has 0 saturated heterocycles. The van der Waals surface area contributed by atoms with Crippen LogP contribution < -0.4 is 0 Å². The van der Waals surface area contributed by atoms with E-state index in [1.807, 2.05) is 18.2 Å². The van der Waals surface area contributed by atoms with Crippen LogP contribution in [0.25, 0.3) is 18.2 Å². The lowest BCUT2D eigenvalue weighted by atomic mass is 9.75. The summed E-state index contributed by atoms with van der Waals surface area (Å²) in [5.74, 6) is 0. The Morgan fingerprint density at radius 2 is 1.08 bits per heavy atom. The second-order valence-electron chi connectivity index (χ2n) is 6.60. The number of hydrogen-bond acceptors (Lipinski definition) is 0. The number of allylic oxidation sites excluding steroid dienone is 1. The van der Waals surface area contributed by atoms with E-state index in [-0.39, 0.29) is 5.41 Å². The van der Waals surface area contributed by atoms with E-state index in [1.165, 1.54) is 16.7 Å². The molecule has 0 nitrogen and oxygen atoms in total. The average molecular weight is 336 g/mol. The maximum Gasteiger partial charge on any atom is 0.0356 e. The van der Waals surface area contributed by atoms with Gasteiger partial charge >= 0.3 is 0 Å². The molecule has 0 aliphatic rings. The fraction of sp³-hybridized carbons (Fsp3) is 0.0769. The molecular weight excluding hydrogens is 312 g/mol. The molecule has 3 aromatic rings. The molecule has 3 rings (SSSR count). The molecule has 0 aliphatic carbocycles.